The third-order valence-corrected chi connectivity index (χ3v) is 5.35. The number of esters is 1. The molecule has 0 aromatic heterocycles. The second kappa shape index (κ2) is 13.5. The number of carbonyl (C=O) groups is 3. The van der Waals surface area contributed by atoms with Crippen molar-refractivity contribution in [2.24, 2.45) is 11.8 Å². The third-order valence-electron chi connectivity index (χ3n) is 5.35. The summed E-state index contributed by atoms with van der Waals surface area (Å²) >= 11 is 0. The van der Waals surface area contributed by atoms with Gasteiger partial charge in [0.05, 0.1) is 24.9 Å². The molecule has 9 heteroatoms. The summed E-state index contributed by atoms with van der Waals surface area (Å²) < 4.78 is 15.6. The molecule has 1 amide bonds. The molecule has 8 nitrogen and oxygen atoms in total. The first-order valence-corrected chi connectivity index (χ1v) is 11.1. The van der Waals surface area contributed by atoms with Crippen molar-refractivity contribution in [2.45, 2.75) is 51.4 Å². The lowest BCUT2D eigenvalue weighted by molar-refractivity contribution is -0.147. The molecular weight excluding hydrogens is 423 g/mol. The third kappa shape index (κ3) is 8.75. The van der Waals surface area contributed by atoms with Crippen LogP contribution in [0.25, 0.3) is 0 Å². The molecule has 0 unspecified atom stereocenters. The maximum absolute atomic E-state index is 13.1. The van der Waals surface area contributed by atoms with Crippen LogP contribution in [-0.4, -0.2) is 51.3 Å². The largest absolute Gasteiger partial charge is 0.555 e. The molecule has 2 aliphatic rings. The number of ether oxygens (including phenoxy) is 2. The minimum atomic E-state index is -0.745. The van der Waals surface area contributed by atoms with Gasteiger partial charge >= 0.3 is 13.5 Å². The van der Waals surface area contributed by atoms with Crippen LogP contribution in [0.3, 0.4) is 0 Å². The fraction of sp³-hybridized carbons (Fsp3) is 0.500. The Bertz CT molecular complexity index is 840. The zero-order chi connectivity index (χ0) is 24.2. The number of rotatable bonds is 6. The second-order valence-corrected chi connectivity index (χ2v) is 8.44. The quantitative estimate of drug-likeness (QED) is 0.224. The van der Waals surface area contributed by atoms with Crippen LogP contribution in [0, 0.1) is 17.2 Å². The molecule has 0 saturated carbocycles. The molecule has 0 fully saturated rings. The van der Waals surface area contributed by atoms with E-state index in [1.165, 1.54) is 14.6 Å². The van der Waals surface area contributed by atoms with Crippen LogP contribution < -0.4 is 10.1 Å². The molecule has 2 aliphatic heterocycles. The van der Waals surface area contributed by atoms with Gasteiger partial charge in [-0.3, -0.25) is 19.8 Å². The number of benzene rings is 1. The van der Waals surface area contributed by atoms with E-state index in [0.29, 0.717) is 31.6 Å². The summed E-state index contributed by atoms with van der Waals surface area (Å²) in [7, 11) is 2.59. The summed E-state index contributed by atoms with van der Waals surface area (Å²) in [4.78, 5) is 38.5. The standard InChI is InChI=1S/C24H32BN2O6/c1-16(2)12-21-22(28)14-18(24(30)31-3)6-4-5-11-32-19-9-7-17(8-10-19)13-20(23(29)27-21)25-33-15-26/h4-5,7-10,15-16,18,20-21,26H,6,11-14H2,1-3H3,(H,27,29)/b5-4-,26-15?/t18-,20+,21+/m1/s1. The van der Waals surface area contributed by atoms with Crippen LogP contribution >= 0.6 is 0 Å². The van der Waals surface area contributed by atoms with Gasteiger partial charge in [-0.15, -0.1) is 0 Å². The number of Topliss-reactive ketones (excluding diaryl/α,β-unsaturated/α-hetero) is 1. The van der Waals surface area contributed by atoms with Crippen molar-refractivity contribution >= 4 is 31.5 Å². The number of fused-ring (bicyclic) bond motifs is 13. The maximum atomic E-state index is 13.1. The molecule has 0 spiro atoms. The molecule has 1 radical (unpaired) electrons. The maximum Gasteiger partial charge on any atom is 0.384 e. The van der Waals surface area contributed by atoms with Crippen molar-refractivity contribution in [3.05, 3.63) is 42.0 Å². The van der Waals surface area contributed by atoms with Crippen molar-refractivity contribution in [3.8, 4) is 5.75 Å². The second-order valence-electron chi connectivity index (χ2n) is 8.44. The fourth-order valence-corrected chi connectivity index (χ4v) is 3.62. The lowest BCUT2D eigenvalue weighted by atomic mass is 9.75. The van der Waals surface area contributed by atoms with Crippen LogP contribution in [0.2, 0.25) is 5.82 Å². The number of methoxy groups -OCH3 is 1. The first-order chi connectivity index (χ1) is 15.8. The first-order valence-electron chi connectivity index (χ1n) is 11.1. The highest BCUT2D eigenvalue weighted by Gasteiger charge is 2.31. The van der Waals surface area contributed by atoms with E-state index in [9.17, 15) is 14.4 Å². The Labute approximate surface area is 195 Å². The van der Waals surface area contributed by atoms with Gasteiger partial charge in [0.2, 0.25) is 5.91 Å². The summed E-state index contributed by atoms with van der Waals surface area (Å²) in [6, 6.07) is 6.61. The fourth-order valence-electron chi connectivity index (χ4n) is 3.62. The molecule has 33 heavy (non-hydrogen) atoms. The minimum absolute atomic E-state index is 0.0429. The van der Waals surface area contributed by atoms with Crippen LogP contribution in [0.1, 0.15) is 38.7 Å². The Kier molecular flexibility index (Phi) is 10.7. The van der Waals surface area contributed by atoms with Gasteiger partial charge in [0.15, 0.2) is 5.78 Å². The van der Waals surface area contributed by atoms with Gasteiger partial charge < -0.3 is 19.4 Å². The lowest BCUT2D eigenvalue weighted by Crippen LogP contribution is -2.45. The number of allylic oxidation sites excluding steroid dienone is 1. The molecule has 0 saturated heterocycles. The predicted molar refractivity (Wildman–Crippen MR) is 125 cm³/mol. The van der Waals surface area contributed by atoms with E-state index in [1.807, 2.05) is 38.1 Å². The summed E-state index contributed by atoms with van der Waals surface area (Å²) in [5.74, 6) is -1.62. The molecular formula is C24H32BN2O6. The Morgan fingerprint density at radius 3 is 2.61 bits per heavy atom. The molecule has 0 aliphatic carbocycles. The number of amides is 1. The highest BCUT2D eigenvalue weighted by atomic mass is 16.5. The summed E-state index contributed by atoms with van der Waals surface area (Å²) in [5.41, 5.74) is 0.879. The van der Waals surface area contributed by atoms with Crippen molar-refractivity contribution in [2.75, 3.05) is 13.7 Å². The van der Waals surface area contributed by atoms with Gasteiger partial charge in [0.1, 0.15) is 18.8 Å². The summed E-state index contributed by atoms with van der Waals surface area (Å²) in [6.07, 6.45) is 5.40. The van der Waals surface area contributed by atoms with Gasteiger partial charge in [0, 0.05) is 6.42 Å². The molecule has 1 aromatic carbocycles. The van der Waals surface area contributed by atoms with Crippen LogP contribution in [0.15, 0.2) is 36.4 Å². The van der Waals surface area contributed by atoms with Crippen LogP contribution in [0.5, 0.6) is 5.75 Å². The molecule has 2 bridgehead atoms. The zero-order valence-corrected chi connectivity index (χ0v) is 19.4. The monoisotopic (exact) mass is 455 g/mol. The smallest absolute Gasteiger partial charge is 0.384 e. The Hall–Kier alpha value is -3.10. The van der Waals surface area contributed by atoms with Gasteiger partial charge in [-0.1, -0.05) is 38.1 Å². The average molecular weight is 455 g/mol. The highest BCUT2D eigenvalue weighted by molar-refractivity contribution is 6.39. The molecule has 1 aromatic rings. The SMILES string of the molecule is COC(=O)[C@@H]1C/C=C\COc2ccc(cc2)C[C@H]([B]OC=N)C(=O)N[C@@H](CC(C)C)C(=O)C1. The molecule has 3 atom stereocenters. The number of hydrogen-bond acceptors (Lipinski definition) is 7. The van der Waals surface area contributed by atoms with Crippen molar-refractivity contribution in [3.63, 3.8) is 0 Å². The van der Waals surface area contributed by atoms with E-state index in [0.717, 1.165) is 12.0 Å². The summed E-state index contributed by atoms with van der Waals surface area (Å²) in [5, 5.41) is 9.98. The van der Waals surface area contributed by atoms with Gasteiger partial charge in [0.25, 0.3) is 0 Å². The van der Waals surface area contributed by atoms with Crippen LogP contribution in [0.4, 0.5) is 0 Å². The van der Waals surface area contributed by atoms with Gasteiger partial charge in [-0.25, -0.2) is 0 Å². The van der Waals surface area contributed by atoms with Crippen molar-refractivity contribution in [1.29, 1.82) is 5.41 Å². The van der Waals surface area contributed by atoms with Crippen molar-refractivity contribution in [1.82, 2.24) is 5.32 Å². The minimum Gasteiger partial charge on any atom is -0.555 e. The summed E-state index contributed by atoms with van der Waals surface area (Å²) in [6.45, 7) is 4.25. The van der Waals surface area contributed by atoms with Gasteiger partial charge in [-0.2, -0.15) is 0 Å². The van der Waals surface area contributed by atoms with E-state index in [1.54, 1.807) is 12.2 Å². The normalized spacial score (nSPS) is 23.1. The molecule has 177 valence electrons. The van der Waals surface area contributed by atoms with E-state index in [2.05, 4.69) is 5.32 Å². The number of carbonyl (C=O) groups excluding carboxylic acids is 3. The number of nitrogens with one attached hydrogen (secondary N) is 2. The van der Waals surface area contributed by atoms with Crippen molar-refractivity contribution < 1.29 is 28.5 Å². The topological polar surface area (TPSA) is 115 Å². The lowest BCUT2D eigenvalue weighted by Gasteiger charge is -2.24. The van der Waals surface area contributed by atoms with E-state index in [4.69, 9.17) is 19.5 Å². The first kappa shape index (κ1) is 26.2. The van der Waals surface area contributed by atoms with E-state index < -0.39 is 23.7 Å². The Morgan fingerprint density at radius 1 is 1.24 bits per heavy atom. The molecule has 3 rings (SSSR count). The number of hydrogen-bond donors (Lipinski definition) is 2. The Morgan fingerprint density at radius 2 is 1.97 bits per heavy atom. The number of ketones is 1. The van der Waals surface area contributed by atoms with Crippen LogP contribution in [-0.2, 0) is 30.2 Å². The zero-order valence-electron chi connectivity index (χ0n) is 19.4. The highest BCUT2D eigenvalue weighted by Crippen LogP contribution is 2.21. The predicted octanol–water partition coefficient (Wildman–Crippen LogP) is 2.88. The molecule has 2 heterocycles. The molecule has 2 N–H and O–H groups in total. The van der Waals surface area contributed by atoms with E-state index >= 15 is 0 Å². The van der Waals surface area contributed by atoms with E-state index in [-0.39, 0.29) is 24.0 Å². The average Bonchev–Trinajstić information content (AvgIpc) is 2.79. The Balaban J connectivity index is 2.35. The van der Waals surface area contributed by atoms with Gasteiger partial charge in [-0.05, 0) is 42.9 Å².